The highest BCUT2D eigenvalue weighted by Gasteiger charge is 2.31. The van der Waals surface area contributed by atoms with Crippen molar-refractivity contribution in [3.8, 4) is 11.3 Å². The zero-order valence-corrected chi connectivity index (χ0v) is 15.2. The third kappa shape index (κ3) is 3.10. The first kappa shape index (κ1) is 16.4. The van der Waals surface area contributed by atoms with Gasteiger partial charge in [-0.2, -0.15) is 5.10 Å². The van der Waals surface area contributed by atoms with E-state index in [1.165, 1.54) is 5.56 Å². The third-order valence-corrected chi connectivity index (χ3v) is 5.28. The van der Waals surface area contributed by atoms with Gasteiger partial charge in [0.2, 0.25) is 0 Å². The number of hydrogen-bond acceptors (Lipinski definition) is 4. The summed E-state index contributed by atoms with van der Waals surface area (Å²) in [6, 6.07) is 8.37. The largest absolute Gasteiger partial charge is 0.356 e. The number of rotatable bonds is 4. The second kappa shape index (κ2) is 6.65. The highest BCUT2D eigenvalue weighted by molar-refractivity contribution is 6.30. The van der Waals surface area contributed by atoms with Crippen LogP contribution in [-0.4, -0.2) is 26.8 Å². The van der Waals surface area contributed by atoms with Crippen molar-refractivity contribution in [2.24, 2.45) is 0 Å². The van der Waals surface area contributed by atoms with Crippen LogP contribution in [0.1, 0.15) is 41.4 Å². The zero-order chi connectivity index (χ0) is 17.4. The Morgan fingerprint density at radius 3 is 3.00 bits per heavy atom. The van der Waals surface area contributed by atoms with E-state index in [1.54, 1.807) is 0 Å². The lowest BCUT2D eigenvalue weighted by molar-refractivity contribution is 0.244. The first-order chi connectivity index (χ1) is 12.1. The molecule has 3 heterocycles. The molecule has 0 radical (unpaired) electrons. The van der Waals surface area contributed by atoms with Crippen LogP contribution < -0.4 is 0 Å². The summed E-state index contributed by atoms with van der Waals surface area (Å²) in [5, 5.41) is 12.4. The summed E-state index contributed by atoms with van der Waals surface area (Å²) >= 11 is 6.14. The van der Waals surface area contributed by atoms with Crippen molar-refractivity contribution in [2.75, 3.05) is 6.54 Å². The molecule has 1 atom stereocenters. The number of nitrogens with one attached hydrogen (secondary N) is 1. The maximum Gasteiger partial charge on any atom is 0.173 e. The van der Waals surface area contributed by atoms with E-state index in [1.807, 2.05) is 38.2 Å². The molecule has 1 saturated heterocycles. The molecule has 1 N–H and O–H groups in total. The van der Waals surface area contributed by atoms with Crippen molar-refractivity contribution in [1.29, 1.82) is 0 Å². The normalized spacial score (nSPS) is 18.1. The van der Waals surface area contributed by atoms with E-state index >= 15 is 0 Å². The Morgan fingerprint density at radius 1 is 1.36 bits per heavy atom. The van der Waals surface area contributed by atoms with Crippen molar-refractivity contribution in [2.45, 2.75) is 39.3 Å². The first-order valence-corrected chi connectivity index (χ1v) is 8.96. The topological polar surface area (TPSA) is 58.0 Å². The molecule has 4 rings (SSSR count). The second-order valence-corrected chi connectivity index (χ2v) is 7.11. The SMILES string of the molecule is Cc1noc(-c2cn[nH]c2C2CCCN2Cc2cccc(Cl)c2)c1C. The van der Waals surface area contributed by atoms with Gasteiger partial charge >= 0.3 is 0 Å². The predicted octanol–water partition coefficient (Wildman–Crippen LogP) is 4.67. The van der Waals surface area contributed by atoms with Crippen LogP contribution in [0.3, 0.4) is 0 Å². The molecular formula is C19H21ClN4O. The maximum atomic E-state index is 6.14. The molecule has 0 saturated carbocycles. The summed E-state index contributed by atoms with van der Waals surface area (Å²) in [6.07, 6.45) is 4.11. The average Bonchev–Trinajstić information content (AvgIpc) is 3.29. The fourth-order valence-electron chi connectivity index (χ4n) is 3.61. The molecule has 1 unspecified atom stereocenters. The van der Waals surface area contributed by atoms with Gasteiger partial charge in [0.1, 0.15) is 0 Å². The van der Waals surface area contributed by atoms with Crippen molar-refractivity contribution < 1.29 is 4.52 Å². The Morgan fingerprint density at radius 2 is 2.24 bits per heavy atom. The van der Waals surface area contributed by atoms with E-state index in [9.17, 15) is 0 Å². The van der Waals surface area contributed by atoms with Crippen molar-refractivity contribution in [3.05, 3.63) is 58.0 Å². The molecule has 0 spiro atoms. The van der Waals surface area contributed by atoms with Gasteiger partial charge in [-0.15, -0.1) is 0 Å². The lowest BCUT2D eigenvalue weighted by Crippen LogP contribution is -2.23. The van der Waals surface area contributed by atoms with E-state index in [4.69, 9.17) is 16.1 Å². The number of nitrogens with zero attached hydrogens (tertiary/aromatic N) is 3. The number of aromatic amines is 1. The summed E-state index contributed by atoms with van der Waals surface area (Å²) < 4.78 is 5.56. The summed E-state index contributed by atoms with van der Waals surface area (Å²) in [4.78, 5) is 2.47. The van der Waals surface area contributed by atoms with Crippen molar-refractivity contribution in [3.63, 3.8) is 0 Å². The molecule has 0 amide bonds. The summed E-state index contributed by atoms with van der Waals surface area (Å²) in [6.45, 7) is 5.93. The molecule has 6 heteroatoms. The number of aryl methyl sites for hydroxylation is 1. The third-order valence-electron chi connectivity index (χ3n) is 5.04. The van der Waals surface area contributed by atoms with Gasteiger partial charge in [-0.05, 0) is 50.9 Å². The lowest BCUT2D eigenvalue weighted by Gasteiger charge is -2.24. The van der Waals surface area contributed by atoms with E-state index in [2.05, 4.69) is 26.3 Å². The standard InChI is InChI=1S/C19H21ClN4O/c1-12-13(2)23-25-19(12)16-10-21-22-18(16)17-7-4-8-24(17)11-14-5-3-6-15(20)9-14/h3,5-6,9-10,17H,4,7-8,11H2,1-2H3,(H,21,22). The van der Waals surface area contributed by atoms with Crippen LogP contribution in [-0.2, 0) is 6.54 Å². The second-order valence-electron chi connectivity index (χ2n) is 6.68. The number of benzene rings is 1. The van der Waals surface area contributed by atoms with Crippen LogP contribution in [0.25, 0.3) is 11.3 Å². The van der Waals surface area contributed by atoms with Gasteiger partial charge in [0.15, 0.2) is 5.76 Å². The first-order valence-electron chi connectivity index (χ1n) is 8.58. The minimum Gasteiger partial charge on any atom is -0.356 e. The zero-order valence-electron chi connectivity index (χ0n) is 14.4. The van der Waals surface area contributed by atoms with Crippen molar-refractivity contribution >= 4 is 11.6 Å². The van der Waals surface area contributed by atoms with Crippen LogP contribution in [0.4, 0.5) is 0 Å². The van der Waals surface area contributed by atoms with E-state index in [-0.39, 0.29) is 0 Å². The Labute approximate surface area is 152 Å². The minimum absolute atomic E-state index is 0.293. The molecule has 5 nitrogen and oxygen atoms in total. The molecule has 3 aromatic rings. The monoisotopic (exact) mass is 356 g/mol. The Balaban J connectivity index is 1.63. The summed E-state index contributed by atoms with van der Waals surface area (Å²) in [7, 11) is 0. The molecule has 0 aliphatic carbocycles. The fraction of sp³-hybridized carbons (Fsp3) is 0.368. The Kier molecular flexibility index (Phi) is 4.36. The molecular weight excluding hydrogens is 336 g/mol. The quantitative estimate of drug-likeness (QED) is 0.737. The van der Waals surface area contributed by atoms with Gasteiger partial charge in [-0.1, -0.05) is 28.9 Å². The number of aromatic nitrogens is 3. The van der Waals surface area contributed by atoms with Crippen LogP contribution in [0.15, 0.2) is 35.0 Å². The van der Waals surface area contributed by atoms with Gasteiger partial charge in [-0.3, -0.25) is 10.00 Å². The highest BCUT2D eigenvalue weighted by Crippen LogP contribution is 2.38. The van der Waals surface area contributed by atoms with E-state index < -0.39 is 0 Å². The molecule has 2 aromatic heterocycles. The Hall–Kier alpha value is -2.11. The molecule has 1 aliphatic heterocycles. The summed E-state index contributed by atoms with van der Waals surface area (Å²) in [5.41, 5.74) is 5.35. The highest BCUT2D eigenvalue weighted by atomic mass is 35.5. The number of likely N-dealkylation sites (tertiary alicyclic amines) is 1. The van der Waals surface area contributed by atoms with E-state index in [0.717, 1.165) is 59.2 Å². The fourth-order valence-corrected chi connectivity index (χ4v) is 3.82. The molecule has 0 bridgehead atoms. The van der Waals surface area contributed by atoms with E-state index in [0.29, 0.717) is 6.04 Å². The smallest absolute Gasteiger partial charge is 0.173 e. The van der Waals surface area contributed by atoms with Gasteiger partial charge in [0.05, 0.1) is 29.2 Å². The van der Waals surface area contributed by atoms with Crippen LogP contribution >= 0.6 is 11.6 Å². The van der Waals surface area contributed by atoms with Gasteiger partial charge in [-0.25, -0.2) is 0 Å². The summed E-state index contributed by atoms with van der Waals surface area (Å²) in [5.74, 6) is 0.816. The molecule has 1 aliphatic rings. The minimum atomic E-state index is 0.293. The van der Waals surface area contributed by atoms with Crippen LogP contribution in [0, 0.1) is 13.8 Å². The number of halogens is 1. The molecule has 1 fully saturated rings. The average molecular weight is 357 g/mol. The van der Waals surface area contributed by atoms with Crippen LogP contribution in [0.2, 0.25) is 5.02 Å². The molecule has 25 heavy (non-hydrogen) atoms. The predicted molar refractivity (Wildman–Crippen MR) is 97.4 cm³/mol. The van der Waals surface area contributed by atoms with Gasteiger partial charge in [0, 0.05) is 17.1 Å². The van der Waals surface area contributed by atoms with Gasteiger partial charge < -0.3 is 4.52 Å². The number of H-pyrrole nitrogens is 1. The van der Waals surface area contributed by atoms with Crippen molar-refractivity contribution in [1.82, 2.24) is 20.3 Å². The van der Waals surface area contributed by atoms with Gasteiger partial charge in [0.25, 0.3) is 0 Å². The van der Waals surface area contributed by atoms with Crippen LogP contribution in [0.5, 0.6) is 0 Å². The maximum absolute atomic E-state index is 6.14. The lowest BCUT2D eigenvalue weighted by atomic mass is 10.0. The molecule has 130 valence electrons. The Bertz CT molecular complexity index is 885. The molecule has 1 aromatic carbocycles. The number of hydrogen-bond donors (Lipinski definition) is 1.